The maximum Gasteiger partial charge on any atom is 0.326 e. The van der Waals surface area contributed by atoms with Gasteiger partial charge in [0.1, 0.15) is 11.9 Å². The fourth-order valence-corrected chi connectivity index (χ4v) is 5.31. The van der Waals surface area contributed by atoms with Crippen molar-refractivity contribution in [2.24, 2.45) is 5.73 Å². The number of nitrogen functional groups attached to an aromatic ring is 1. The molecule has 0 aromatic heterocycles. The Labute approximate surface area is 280 Å². The van der Waals surface area contributed by atoms with E-state index in [0.717, 1.165) is 27.8 Å². The van der Waals surface area contributed by atoms with E-state index in [4.69, 9.17) is 11.1 Å². The summed E-state index contributed by atoms with van der Waals surface area (Å²) in [5, 5.41) is 23.3. The Bertz CT molecular complexity index is 1940. The van der Waals surface area contributed by atoms with Gasteiger partial charge in [-0.15, -0.1) is 0 Å². The van der Waals surface area contributed by atoms with Crippen LogP contribution in [0.5, 0.6) is 0 Å². The summed E-state index contributed by atoms with van der Waals surface area (Å²) in [6, 6.07) is 35.4. The molecule has 8 nitrogen and oxygen atoms in total. The normalized spacial score (nSPS) is 11.7. The number of rotatable bonds is 10. The summed E-state index contributed by atoms with van der Waals surface area (Å²) in [5.74, 6) is -2.30. The molecule has 5 rings (SSSR count). The molecule has 0 radical (unpaired) electrons. The summed E-state index contributed by atoms with van der Waals surface area (Å²) in [5.41, 5.74) is 12.1. The molecule has 0 fully saturated rings. The van der Waals surface area contributed by atoms with Crippen molar-refractivity contribution in [3.05, 3.63) is 149 Å². The number of carboxylic acids is 1. The molecule has 0 bridgehead atoms. The number of carbonyl (C=O) groups excluding carboxylic acids is 2. The van der Waals surface area contributed by atoms with Crippen LogP contribution in [0.2, 0.25) is 0 Å². The predicted molar refractivity (Wildman–Crippen MR) is 190 cm³/mol. The van der Waals surface area contributed by atoms with Gasteiger partial charge in [-0.25, -0.2) is 4.79 Å². The Morgan fingerprint density at radius 1 is 0.708 bits per heavy atom. The summed E-state index contributed by atoms with van der Waals surface area (Å²) in [6.45, 7) is 6.27. The molecule has 0 aliphatic rings. The zero-order valence-electron chi connectivity index (χ0n) is 27.1. The number of amidine groups is 1. The smallest absolute Gasteiger partial charge is 0.326 e. The minimum absolute atomic E-state index is 0.0597. The van der Waals surface area contributed by atoms with Crippen molar-refractivity contribution in [2.75, 3.05) is 5.32 Å². The number of benzene rings is 5. The minimum Gasteiger partial charge on any atom is -0.480 e. The third kappa shape index (κ3) is 8.03. The molecule has 6 N–H and O–H groups in total. The average molecular weight is 639 g/mol. The van der Waals surface area contributed by atoms with E-state index >= 15 is 0 Å². The van der Waals surface area contributed by atoms with Gasteiger partial charge in [-0.05, 0) is 63.1 Å². The Kier molecular flexibility index (Phi) is 9.85. The first-order valence-corrected chi connectivity index (χ1v) is 15.6. The highest BCUT2D eigenvalue weighted by atomic mass is 16.4. The van der Waals surface area contributed by atoms with Crippen molar-refractivity contribution in [3.8, 4) is 22.3 Å². The van der Waals surface area contributed by atoms with Crippen LogP contribution in [0.3, 0.4) is 0 Å². The molecule has 0 heterocycles. The zero-order chi connectivity index (χ0) is 34.4. The molecular weight excluding hydrogens is 600 g/mol. The largest absolute Gasteiger partial charge is 0.480 e. The number of aliphatic carboxylic acids is 1. The number of nitrogens with two attached hydrogens (primary N) is 1. The van der Waals surface area contributed by atoms with Crippen LogP contribution in [0.25, 0.3) is 22.3 Å². The predicted octanol–water partition coefficient (Wildman–Crippen LogP) is 7.28. The molecule has 0 aliphatic heterocycles. The van der Waals surface area contributed by atoms with Gasteiger partial charge in [0.2, 0.25) is 0 Å². The Morgan fingerprint density at radius 3 is 1.83 bits per heavy atom. The third-order valence-corrected chi connectivity index (χ3v) is 8.16. The van der Waals surface area contributed by atoms with Crippen molar-refractivity contribution in [1.29, 1.82) is 5.41 Å². The molecule has 0 unspecified atom stereocenters. The van der Waals surface area contributed by atoms with E-state index < -0.39 is 23.8 Å². The number of anilines is 1. The van der Waals surface area contributed by atoms with E-state index in [0.29, 0.717) is 16.7 Å². The summed E-state index contributed by atoms with van der Waals surface area (Å²) in [7, 11) is 0. The molecule has 8 heteroatoms. The van der Waals surface area contributed by atoms with Crippen LogP contribution in [0.4, 0.5) is 5.69 Å². The van der Waals surface area contributed by atoms with Gasteiger partial charge in [-0.2, -0.15) is 0 Å². The van der Waals surface area contributed by atoms with E-state index in [1.54, 1.807) is 54.6 Å². The first kappa shape index (κ1) is 33.3. The van der Waals surface area contributed by atoms with Crippen LogP contribution in [-0.2, 0) is 16.6 Å². The van der Waals surface area contributed by atoms with Crippen LogP contribution >= 0.6 is 0 Å². The van der Waals surface area contributed by atoms with Crippen LogP contribution < -0.4 is 16.4 Å². The second-order valence-electron chi connectivity index (χ2n) is 12.7. The second kappa shape index (κ2) is 14.2. The van der Waals surface area contributed by atoms with E-state index in [-0.39, 0.29) is 28.9 Å². The third-order valence-electron chi connectivity index (χ3n) is 8.16. The summed E-state index contributed by atoms with van der Waals surface area (Å²) in [6.07, 6.45) is 0.0597. The van der Waals surface area contributed by atoms with Crippen molar-refractivity contribution < 1.29 is 19.5 Å². The van der Waals surface area contributed by atoms with E-state index in [2.05, 4.69) is 31.4 Å². The fraction of sp³-hybridized carbons (Fsp3) is 0.150. The molecule has 48 heavy (non-hydrogen) atoms. The molecule has 242 valence electrons. The first-order valence-electron chi connectivity index (χ1n) is 15.6. The summed E-state index contributed by atoms with van der Waals surface area (Å²) >= 11 is 0. The van der Waals surface area contributed by atoms with Crippen LogP contribution in [0.1, 0.15) is 58.2 Å². The second-order valence-corrected chi connectivity index (χ2v) is 12.7. The van der Waals surface area contributed by atoms with Gasteiger partial charge in [-0.3, -0.25) is 15.0 Å². The number of carboxylic acid groups (broad SMARTS) is 1. The van der Waals surface area contributed by atoms with E-state index in [1.165, 1.54) is 0 Å². The first-order chi connectivity index (χ1) is 22.9. The maximum atomic E-state index is 13.8. The van der Waals surface area contributed by atoms with Crippen LogP contribution in [-0.4, -0.2) is 34.8 Å². The standard InChI is InChI=1S/C40H38N4O4/c1-40(2,3)32-20-17-30(18-21-32)37(45)43-34-22-19-31(28-13-15-29(16-14-28)36(41)42)24-33(34)38(46)44-35(39(47)48)23-25-9-11-27(12-10-25)26-7-5-4-6-8-26/h4-22,24,35H,23H2,1-3H3,(H3,41,42)(H,43,45)(H,44,46)(H,47,48)/t35-/m0/s1. The summed E-state index contributed by atoms with van der Waals surface area (Å²) in [4.78, 5) is 39.5. The average Bonchev–Trinajstić information content (AvgIpc) is 3.08. The fourth-order valence-electron chi connectivity index (χ4n) is 5.31. The topological polar surface area (TPSA) is 145 Å². The van der Waals surface area contributed by atoms with Crippen molar-refractivity contribution >= 4 is 29.3 Å². The van der Waals surface area contributed by atoms with E-state index in [9.17, 15) is 19.5 Å². The molecular formula is C40H38N4O4. The molecule has 2 amide bonds. The lowest BCUT2D eigenvalue weighted by Gasteiger charge is -2.19. The maximum absolute atomic E-state index is 13.8. The van der Waals surface area contributed by atoms with Gasteiger partial charge in [0.05, 0.1) is 11.3 Å². The molecule has 0 saturated carbocycles. The van der Waals surface area contributed by atoms with Gasteiger partial charge in [0.15, 0.2) is 0 Å². The van der Waals surface area contributed by atoms with Gasteiger partial charge < -0.3 is 21.5 Å². The van der Waals surface area contributed by atoms with Crippen LogP contribution in [0, 0.1) is 5.41 Å². The quantitative estimate of drug-likeness (QED) is 0.0806. The molecule has 0 saturated heterocycles. The molecule has 0 aliphatic carbocycles. The SMILES string of the molecule is CC(C)(C)c1ccc(C(=O)Nc2ccc(-c3ccc(C(=N)N)cc3)cc2C(=O)N[C@@H](Cc2ccc(-c3ccccc3)cc2)C(=O)O)cc1. The molecule has 1 atom stereocenters. The van der Waals surface area contributed by atoms with Gasteiger partial charge in [0.25, 0.3) is 11.8 Å². The van der Waals surface area contributed by atoms with E-state index in [1.807, 2.05) is 66.7 Å². The van der Waals surface area contributed by atoms with Gasteiger partial charge >= 0.3 is 5.97 Å². The van der Waals surface area contributed by atoms with Gasteiger partial charge in [0, 0.05) is 17.5 Å². The number of amides is 2. The highest BCUT2D eigenvalue weighted by molar-refractivity contribution is 6.10. The Balaban J connectivity index is 1.42. The number of hydrogen-bond donors (Lipinski definition) is 5. The lowest BCUT2D eigenvalue weighted by Crippen LogP contribution is -2.42. The Morgan fingerprint density at radius 2 is 1.25 bits per heavy atom. The Hall–Kier alpha value is -6.02. The molecule has 5 aromatic rings. The monoisotopic (exact) mass is 638 g/mol. The van der Waals surface area contributed by atoms with Crippen molar-refractivity contribution in [1.82, 2.24) is 5.32 Å². The highest BCUT2D eigenvalue weighted by Gasteiger charge is 2.24. The number of nitrogens with one attached hydrogen (secondary N) is 3. The lowest BCUT2D eigenvalue weighted by molar-refractivity contribution is -0.139. The van der Waals surface area contributed by atoms with Crippen LogP contribution in [0.15, 0.2) is 121 Å². The lowest BCUT2D eigenvalue weighted by atomic mass is 9.86. The minimum atomic E-state index is -1.23. The van der Waals surface area contributed by atoms with Gasteiger partial charge in [-0.1, -0.05) is 118 Å². The van der Waals surface area contributed by atoms with Crippen molar-refractivity contribution in [3.63, 3.8) is 0 Å². The van der Waals surface area contributed by atoms with Crippen molar-refractivity contribution in [2.45, 2.75) is 38.6 Å². The highest BCUT2D eigenvalue weighted by Crippen LogP contribution is 2.28. The summed E-state index contributed by atoms with van der Waals surface area (Å²) < 4.78 is 0. The molecule has 0 spiro atoms. The number of carbonyl (C=O) groups is 3. The zero-order valence-corrected chi connectivity index (χ0v) is 27.1. The number of hydrogen-bond acceptors (Lipinski definition) is 4. The molecule has 5 aromatic carbocycles.